The van der Waals surface area contributed by atoms with Crippen molar-refractivity contribution < 1.29 is 9.53 Å². The van der Waals surface area contributed by atoms with Crippen LogP contribution >= 0.6 is 0 Å². The summed E-state index contributed by atoms with van der Waals surface area (Å²) in [6, 6.07) is 9.77. The number of amides is 1. The smallest absolute Gasteiger partial charge is 0.410 e. The van der Waals surface area contributed by atoms with Gasteiger partial charge < -0.3 is 15.4 Å². The van der Waals surface area contributed by atoms with Crippen molar-refractivity contribution in [2.45, 2.75) is 39.3 Å². The van der Waals surface area contributed by atoms with E-state index in [9.17, 15) is 4.79 Å². The third-order valence-corrected chi connectivity index (χ3v) is 2.92. The molecule has 0 saturated carbocycles. The van der Waals surface area contributed by atoms with Gasteiger partial charge in [0.15, 0.2) is 0 Å². The molecular formula is C15H24N2O2. The number of nitrogens with zero attached hydrogens (tertiary/aromatic N) is 1. The predicted molar refractivity (Wildman–Crippen MR) is 76.8 cm³/mol. The van der Waals surface area contributed by atoms with Crippen LogP contribution in [0.5, 0.6) is 0 Å². The van der Waals surface area contributed by atoms with Gasteiger partial charge in [0.2, 0.25) is 0 Å². The second-order valence-electron chi connectivity index (χ2n) is 4.39. The molecule has 1 aromatic rings. The van der Waals surface area contributed by atoms with Crippen LogP contribution in [0, 0.1) is 0 Å². The molecule has 1 aromatic carbocycles. The van der Waals surface area contributed by atoms with Crippen molar-refractivity contribution in [3.63, 3.8) is 0 Å². The van der Waals surface area contributed by atoms with E-state index >= 15 is 0 Å². The van der Waals surface area contributed by atoms with Gasteiger partial charge in [0.25, 0.3) is 0 Å². The Morgan fingerprint density at radius 2 is 2.05 bits per heavy atom. The van der Waals surface area contributed by atoms with Gasteiger partial charge in [-0.1, -0.05) is 44.2 Å². The lowest BCUT2D eigenvalue weighted by atomic mass is 10.1. The molecule has 4 nitrogen and oxygen atoms in total. The van der Waals surface area contributed by atoms with Crippen LogP contribution in [-0.4, -0.2) is 30.1 Å². The van der Waals surface area contributed by atoms with Gasteiger partial charge in [0.05, 0.1) is 0 Å². The highest BCUT2D eigenvalue weighted by Crippen LogP contribution is 2.10. The zero-order valence-electron chi connectivity index (χ0n) is 11.8. The maximum absolute atomic E-state index is 11.8. The Balaban J connectivity index is 0.000000861. The van der Waals surface area contributed by atoms with E-state index in [-0.39, 0.29) is 12.1 Å². The fraction of sp³-hybridized carbons (Fsp3) is 0.533. The highest BCUT2D eigenvalue weighted by molar-refractivity contribution is 5.67. The number of benzene rings is 1. The van der Waals surface area contributed by atoms with E-state index in [4.69, 9.17) is 10.5 Å². The third kappa shape index (κ3) is 5.30. The number of hydrogen-bond donors (Lipinski definition) is 1. The number of likely N-dealkylation sites (tertiary alicyclic amines) is 1. The van der Waals surface area contributed by atoms with E-state index in [0.29, 0.717) is 13.2 Å². The third-order valence-electron chi connectivity index (χ3n) is 2.92. The molecule has 2 rings (SSSR count). The highest BCUT2D eigenvalue weighted by atomic mass is 16.6. The summed E-state index contributed by atoms with van der Waals surface area (Å²) in [5.74, 6) is 0. The van der Waals surface area contributed by atoms with E-state index < -0.39 is 0 Å². The van der Waals surface area contributed by atoms with Crippen molar-refractivity contribution in [3.8, 4) is 0 Å². The Labute approximate surface area is 115 Å². The lowest BCUT2D eigenvalue weighted by Crippen LogP contribution is -2.45. The Kier molecular flexibility index (Phi) is 6.97. The maximum atomic E-state index is 11.8. The van der Waals surface area contributed by atoms with Crippen LogP contribution in [0.2, 0.25) is 0 Å². The van der Waals surface area contributed by atoms with Crippen LogP contribution in [0.4, 0.5) is 4.79 Å². The first-order chi connectivity index (χ1) is 9.25. The first-order valence-corrected chi connectivity index (χ1v) is 6.97. The molecule has 0 unspecified atom stereocenters. The molecule has 4 heteroatoms. The molecule has 0 radical (unpaired) electrons. The molecule has 1 heterocycles. The molecule has 1 aliphatic rings. The van der Waals surface area contributed by atoms with E-state index in [1.54, 1.807) is 4.90 Å². The number of ether oxygens (including phenoxy) is 1. The van der Waals surface area contributed by atoms with Crippen molar-refractivity contribution >= 4 is 6.09 Å². The molecular weight excluding hydrogens is 240 g/mol. The summed E-state index contributed by atoms with van der Waals surface area (Å²) in [5, 5.41) is 0. The molecule has 1 amide bonds. The summed E-state index contributed by atoms with van der Waals surface area (Å²) >= 11 is 0. The van der Waals surface area contributed by atoms with Gasteiger partial charge >= 0.3 is 6.09 Å². The molecule has 0 aliphatic carbocycles. The number of rotatable bonds is 2. The molecule has 0 spiro atoms. The largest absolute Gasteiger partial charge is 0.445 e. The highest BCUT2D eigenvalue weighted by Gasteiger charge is 2.22. The second-order valence-corrected chi connectivity index (χ2v) is 4.39. The van der Waals surface area contributed by atoms with Crippen LogP contribution < -0.4 is 5.73 Å². The van der Waals surface area contributed by atoms with Crippen LogP contribution in [0.25, 0.3) is 0 Å². The van der Waals surface area contributed by atoms with Crippen molar-refractivity contribution in [2.24, 2.45) is 5.73 Å². The molecule has 0 aromatic heterocycles. The Hall–Kier alpha value is -1.55. The SMILES string of the molecule is CC.N[C@@H]1CCCN(C(=O)OCc2ccccc2)C1. The van der Waals surface area contributed by atoms with Crippen molar-refractivity contribution in [1.82, 2.24) is 4.90 Å². The topological polar surface area (TPSA) is 55.6 Å². The van der Waals surface area contributed by atoms with Gasteiger partial charge in [-0.25, -0.2) is 4.79 Å². The summed E-state index contributed by atoms with van der Waals surface area (Å²) in [5.41, 5.74) is 6.82. The monoisotopic (exact) mass is 264 g/mol. The van der Waals surface area contributed by atoms with Crippen molar-refractivity contribution in [1.29, 1.82) is 0 Å². The summed E-state index contributed by atoms with van der Waals surface area (Å²) in [6.45, 7) is 5.68. The first-order valence-electron chi connectivity index (χ1n) is 6.97. The van der Waals surface area contributed by atoms with Crippen molar-refractivity contribution in [2.75, 3.05) is 13.1 Å². The summed E-state index contributed by atoms with van der Waals surface area (Å²) < 4.78 is 5.25. The molecule has 0 bridgehead atoms. The lowest BCUT2D eigenvalue weighted by molar-refractivity contribution is 0.0862. The normalized spacial score (nSPS) is 18.3. The van der Waals surface area contributed by atoms with E-state index in [2.05, 4.69) is 0 Å². The Morgan fingerprint density at radius 1 is 1.37 bits per heavy atom. The molecule has 19 heavy (non-hydrogen) atoms. The number of piperidine rings is 1. The minimum Gasteiger partial charge on any atom is -0.445 e. The fourth-order valence-electron chi connectivity index (χ4n) is 1.99. The van der Waals surface area contributed by atoms with Gasteiger partial charge in [0.1, 0.15) is 6.61 Å². The summed E-state index contributed by atoms with van der Waals surface area (Å²) in [4.78, 5) is 13.5. The molecule has 2 N–H and O–H groups in total. The van der Waals surface area contributed by atoms with Crippen LogP contribution in [-0.2, 0) is 11.3 Å². The Bertz CT molecular complexity index is 368. The maximum Gasteiger partial charge on any atom is 0.410 e. The van der Waals surface area contributed by atoms with Gasteiger partial charge in [-0.15, -0.1) is 0 Å². The Morgan fingerprint density at radius 3 is 2.68 bits per heavy atom. The molecule has 1 aliphatic heterocycles. The average Bonchev–Trinajstić information content (AvgIpc) is 2.48. The molecule has 1 fully saturated rings. The standard InChI is InChI=1S/C13H18N2O2.C2H6/c14-12-7-4-8-15(9-12)13(16)17-10-11-5-2-1-3-6-11;1-2/h1-3,5-6,12H,4,7-10,14H2;1-2H3/t12-;/m1./s1. The zero-order valence-corrected chi connectivity index (χ0v) is 11.8. The van der Waals surface area contributed by atoms with Crippen LogP contribution in [0.15, 0.2) is 30.3 Å². The first kappa shape index (κ1) is 15.5. The van der Waals surface area contributed by atoms with Crippen LogP contribution in [0.1, 0.15) is 32.3 Å². The zero-order chi connectivity index (χ0) is 14.1. The van der Waals surface area contributed by atoms with E-state index in [0.717, 1.165) is 24.9 Å². The predicted octanol–water partition coefficient (Wildman–Crippen LogP) is 2.77. The van der Waals surface area contributed by atoms with E-state index in [1.807, 2.05) is 44.2 Å². The van der Waals surface area contributed by atoms with Crippen molar-refractivity contribution in [3.05, 3.63) is 35.9 Å². The minimum absolute atomic E-state index is 0.0908. The van der Waals surface area contributed by atoms with E-state index in [1.165, 1.54) is 0 Å². The number of hydrogen-bond acceptors (Lipinski definition) is 3. The van der Waals surface area contributed by atoms with Gasteiger partial charge in [0, 0.05) is 19.1 Å². The fourth-order valence-corrected chi connectivity index (χ4v) is 1.99. The lowest BCUT2D eigenvalue weighted by Gasteiger charge is -2.29. The van der Waals surface area contributed by atoms with Crippen LogP contribution in [0.3, 0.4) is 0 Å². The number of nitrogens with two attached hydrogens (primary N) is 1. The molecule has 106 valence electrons. The summed E-state index contributed by atoms with van der Waals surface area (Å²) in [6.07, 6.45) is 1.69. The summed E-state index contributed by atoms with van der Waals surface area (Å²) in [7, 11) is 0. The minimum atomic E-state index is -0.260. The quantitative estimate of drug-likeness (QED) is 0.893. The van der Waals surface area contributed by atoms with Gasteiger partial charge in [-0.3, -0.25) is 0 Å². The molecule has 1 saturated heterocycles. The average molecular weight is 264 g/mol. The van der Waals surface area contributed by atoms with Gasteiger partial charge in [-0.05, 0) is 18.4 Å². The number of carbonyl (C=O) groups excluding carboxylic acids is 1. The second kappa shape index (κ2) is 8.53. The number of carbonyl (C=O) groups is 1. The van der Waals surface area contributed by atoms with Gasteiger partial charge in [-0.2, -0.15) is 0 Å². The molecule has 1 atom stereocenters.